The number of nitrogens with one attached hydrogen (secondary N) is 1. The van der Waals surface area contributed by atoms with Gasteiger partial charge in [-0.1, -0.05) is 0 Å². The molecular weight excluding hydrogens is 676 g/mol. The molecular formula is C23H33N7O15P2. The predicted molar refractivity (Wildman–Crippen MR) is 155 cm³/mol. The highest BCUT2D eigenvalue weighted by atomic mass is 31.2. The highest BCUT2D eigenvalue weighted by Crippen LogP contribution is 2.51. The molecule has 47 heavy (non-hydrogen) atoms. The first kappa shape index (κ1) is 35.2. The number of nitroso groups, excluding NO2 is 1. The molecule has 5 heterocycles. The number of nitrogens with zero attached hydrogens (tertiary/aromatic N) is 5. The highest BCUT2D eigenvalue weighted by Gasteiger charge is 2.45. The van der Waals surface area contributed by atoms with Crippen LogP contribution in [0.25, 0.3) is 0 Å². The number of phosphoric ester groups is 2. The molecule has 0 aromatic carbocycles. The van der Waals surface area contributed by atoms with Crippen LogP contribution in [0.2, 0.25) is 0 Å². The van der Waals surface area contributed by atoms with Crippen molar-refractivity contribution in [2.75, 3.05) is 25.5 Å². The van der Waals surface area contributed by atoms with Gasteiger partial charge in [0.25, 0.3) is 5.56 Å². The van der Waals surface area contributed by atoms with E-state index in [0.717, 1.165) is 14.1 Å². The number of aryl methyl sites for hydroxylation is 1. The van der Waals surface area contributed by atoms with E-state index < -0.39 is 88.9 Å². The minimum absolute atomic E-state index is 0.0755. The van der Waals surface area contributed by atoms with Crippen LogP contribution >= 0.6 is 15.6 Å². The summed E-state index contributed by atoms with van der Waals surface area (Å²) in [6.45, 7) is 0.260. The Hall–Kier alpha value is -3.14. The Labute approximate surface area is 264 Å². The summed E-state index contributed by atoms with van der Waals surface area (Å²) in [4.78, 5) is 73.8. The van der Waals surface area contributed by atoms with Gasteiger partial charge in [-0.3, -0.25) is 37.0 Å². The molecule has 24 heteroatoms. The molecule has 5 rings (SSSR count). The fraction of sp³-hybridized carbons (Fsp3) is 0.652. The molecule has 0 radical (unpaired) electrons. The maximum atomic E-state index is 13.0. The van der Waals surface area contributed by atoms with Gasteiger partial charge in [0, 0.05) is 37.3 Å². The number of nitrogen functional groups attached to an aromatic ring is 1. The average molecular weight is 709 g/mol. The van der Waals surface area contributed by atoms with Gasteiger partial charge in [-0.05, 0) is 25.8 Å². The molecule has 0 spiro atoms. The number of hydrogen-bond donors (Lipinski definition) is 5. The summed E-state index contributed by atoms with van der Waals surface area (Å²) in [5.74, 6) is -0.0755. The molecule has 6 N–H and O–H groups in total. The summed E-state index contributed by atoms with van der Waals surface area (Å²) in [6.07, 6.45) is -5.62. The van der Waals surface area contributed by atoms with Crippen molar-refractivity contribution in [3.8, 4) is 0 Å². The third kappa shape index (κ3) is 8.48. The molecule has 0 bridgehead atoms. The van der Waals surface area contributed by atoms with Gasteiger partial charge in [0.05, 0.1) is 24.6 Å². The number of aromatic nitrogens is 4. The number of phosphoric acid groups is 2. The van der Waals surface area contributed by atoms with E-state index >= 15 is 0 Å². The molecule has 2 aromatic rings. The number of aliphatic hydroxyl groups excluding tert-OH is 1. The lowest BCUT2D eigenvalue weighted by atomic mass is 10.2. The third-order valence-electron chi connectivity index (χ3n) is 7.61. The Balaban J connectivity index is 1.25. The summed E-state index contributed by atoms with van der Waals surface area (Å²) in [5, 5.41) is 14.1. The number of rotatable bonds is 13. The van der Waals surface area contributed by atoms with E-state index in [2.05, 4.69) is 15.3 Å². The van der Waals surface area contributed by atoms with Crippen LogP contribution in [-0.4, -0.2) is 89.4 Å². The first-order chi connectivity index (χ1) is 22.1. The van der Waals surface area contributed by atoms with Crippen molar-refractivity contribution < 1.29 is 51.6 Å². The van der Waals surface area contributed by atoms with E-state index in [0.29, 0.717) is 6.42 Å². The lowest BCUT2D eigenvalue weighted by molar-refractivity contribution is -0.0600. The topological polar surface area (TPSA) is 299 Å². The van der Waals surface area contributed by atoms with E-state index in [1.54, 1.807) is 0 Å². The Kier molecular flexibility index (Phi) is 10.6. The summed E-state index contributed by atoms with van der Waals surface area (Å²) < 4.78 is 59.7. The zero-order chi connectivity index (χ0) is 34.1. The lowest BCUT2D eigenvalue weighted by Crippen LogP contribution is -2.33. The molecule has 3 fully saturated rings. The van der Waals surface area contributed by atoms with Gasteiger partial charge in [-0.2, -0.15) is 4.98 Å². The van der Waals surface area contributed by atoms with Gasteiger partial charge in [0.1, 0.15) is 36.6 Å². The van der Waals surface area contributed by atoms with Crippen molar-refractivity contribution in [3.63, 3.8) is 0 Å². The molecule has 3 aliphatic heterocycles. The van der Waals surface area contributed by atoms with Gasteiger partial charge < -0.3 is 30.1 Å². The minimum Gasteiger partial charge on any atom is -0.390 e. The van der Waals surface area contributed by atoms with Crippen molar-refractivity contribution in [2.45, 2.75) is 75.7 Å². The number of H-pyrrole nitrogens is 1. The lowest BCUT2D eigenvalue weighted by Gasteiger charge is -2.24. The van der Waals surface area contributed by atoms with Crippen LogP contribution in [0.3, 0.4) is 0 Å². The Morgan fingerprint density at radius 1 is 1.06 bits per heavy atom. The molecule has 260 valence electrons. The maximum absolute atomic E-state index is 13.0. The SMILES string of the molecule is Cc1cn([C@H]2C[C@H](O)[C@@H](COP(=O)(O)O[C@H]3C[C@H](n4ccc(N)nc4=O)O[C@@H]3COP(=O)(O)O[C@H]3CCCN3N=O)O2)c(=O)[nH]c1=O. The first-order valence-electron chi connectivity index (χ1n) is 14.2. The highest BCUT2D eigenvalue weighted by molar-refractivity contribution is 7.47. The number of aliphatic hydroxyl groups is 1. The van der Waals surface area contributed by atoms with E-state index in [1.165, 1.54) is 25.4 Å². The Bertz CT molecular complexity index is 1740. The van der Waals surface area contributed by atoms with Crippen molar-refractivity contribution in [1.82, 2.24) is 24.1 Å². The van der Waals surface area contributed by atoms with Crippen LogP contribution < -0.4 is 22.7 Å². The largest absolute Gasteiger partial charge is 0.474 e. The summed E-state index contributed by atoms with van der Waals surface area (Å²) in [7, 11) is -9.82. The number of ether oxygens (including phenoxy) is 2. The van der Waals surface area contributed by atoms with Crippen LogP contribution in [0, 0.1) is 11.8 Å². The monoisotopic (exact) mass is 709 g/mol. The van der Waals surface area contributed by atoms with Crippen LogP contribution in [-0.2, 0) is 36.7 Å². The summed E-state index contributed by atoms with van der Waals surface area (Å²) in [5.41, 5.74) is 3.56. The van der Waals surface area contributed by atoms with Crippen LogP contribution in [0.5, 0.6) is 0 Å². The summed E-state index contributed by atoms with van der Waals surface area (Å²) >= 11 is 0. The molecule has 0 aliphatic carbocycles. The zero-order valence-electron chi connectivity index (χ0n) is 24.7. The minimum atomic E-state index is -4.99. The van der Waals surface area contributed by atoms with Crippen LogP contribution in [0.4, 0.5) is 5.82 Å². The van der Waals surface area contributed by atoms with Crippen molar-refractivity contribution in [2.24, 2.45) is 5.29 Å². The standard InChI is InChI=1S/C23H33N7O15P2/c1-12-9-29(23(34)26-21(12)32)19-7-13(31)15(42-19)10-40-46(36,37)44-14-8-20(28-6-4-17(24)25-22(28)33)43-16(14)11-41-47(38,39)45-18-3-2-5-30(18)27-35/h4,6,9,13-16,18-20,31H,2-3,5,7-8,10-11H2,1H3,(H,36,37)(H,38,39)(H2,24,25,33)(H,26,32,34)/t13-,14-,15+,16+,18-,19+,20+/m0/s1. The number of anilines is 1. The first-order valence-corrected chi connectivity index (χ1v) is 17.2. The quantitative estimate of drug-likeness (QED) is 0.128. The molecule has 0 amide bonds. The smallest absolute Gasteiger partial charge is 0.390 e. The Morgan fingerprint density at radius 3 is 2.43 bits per heavy atom. The molecule has 9 atom stereocenters. The van der Waals surface area contributed by atoms with Crippen molar-refractivity contribution in [1.29, 1.82) is 0 Å². The zero-order valence-corrected chi connectivity index (χ0v) is 26.5. The number of aromatic amines is 1. The molecule has 22 nitrogen and oxygen atoms in total. The van der Waals surface area contributed by atoms with Gasteiger partial charge in [0.15, 0.2) is 6.23 Å². The summed E-state index contributed by atoms with van der Waals surface area (Å²) in [6, 6.07) is 1.30. The second-order valence-electron chi connectivity index (χ2n) is 10.9. The second kappa shape index (κ2) is 14.1. The van der Waals surface area contributed by atoms with Gasteiger partial charge in [-0.15, -0.1) is 4.91 Å². The van der Waals surface area contributed by atoms with E-state index in [-0.39, 0.29) is 37.2 Å². The molecule has 2 unspecified atom stereocenters. The van der Waals surface area contributed by atoms with E-state index in [4.69, 9.17) is 33.3 Å². The molecule has 3 aliphatic rings. The second-order valence-corrected chi connectivity index (χ2v) is 13.7. The molecule has 3 saturated heterocycles. The molecule has 2 aromatic heterocycles. The van der Waals surface area contributed by atoms with Crippen molar-refractivity contribution >= 4 is 21.5 Å². The number of hydrogen-bond acceptors (Lipinski definition) is 16. The number of nitrogens with two attached hydrogens (primary N) is 1. The average Bonchev–Trinajstić information content (AvgIpc) is 3.70. The fourth-order valence-corrected chi connectivity index (χ4v) is 7.13. The van der Waals surface area contributed by atoms with Gasteiger partial charge >= 0.3 is 27.0 Å². The fourth-order valence-electron chi connectivity index (χ4n) is 5.26. The normalized spacial score (nSPS) is 30.3. The third-order valence-corrected chi connectivity index (χ3v) is 9.60. The predicted octanol–water partition coefficient (Wildman–Crippen LogP) is -0.641. The van der Waals surface area contributed by atoms with E-state index in [9.17, 15) is 43.3 Å². The molecule has 0 saturated carbocycles. The Morgan fingerprint density at radius 2 is 1.72 bits per heavy atom. The van der Waals surface area contributed by atoms with Gasteiger partial charge in [0.2, 0.25) is 0 Å². The van der Waals surface area contributed by atoms with Crippen LogP contribution in [0.1, 0.15) is 43.7 Å². The van der Waals surface area contributed by atoms with Crippen LogP contribution in [0.15, 0.2) is 38.1 Å². The van der Waals surface area contributed by atoms with Gasteiger partial charge in [-0.25, -0.2) is 23.7 Å². The maximum Gasteiger partial charge on any atom is 0.474 e. The van der Waals surface area contributed by atoms with Crippen molar-refractivity contribution in [3.05, 3.63) is 60.3 Å². The van der Waals surface area contributed by atoms with E-state index in [1.807, 2.05) is 0 Å².